The minimum absolute atomic E-state index is 0.123. The Morgan fingerprint density at radius 3 is 1.16 bits per heavy atom. The number of hydrazine groups is 1. The summed E-state index contributed by atoms with van der Waals surface area (Å²) < 4.78 is 61.8. The number of nitrogens with two attached hydrogens (primary N) is 1. The van der Waals surface area contributed by atoms with E-state index in [1.807, 2.05) is 52.4 Å². The molecule has 15 rings (SSSR count). The monoisotopic (exact) mass is 1900 g/mol. The summed E-state index contributed by atoms with van der Waals surface area (Å²) in [5, 5.41) is 5.36. The Morgan fingerprint density at radius 1 is 0.437 bits per heavy atom. The largest absolute Gasteiger partial charge is 0.472 e. The third-order valence-electron chi connectivity index (χ3n) is 15.0. The van der Waals surface area contributed by atoms with Crippen LogP contribution < -0.4 is 27.2 Å². The molecule has 6 N–H and O–H groups in total. The quantitative estimate of drug-likeness (QED) is 0.0117. The molecule has 48 heteroatoms. The number of cyclic esters (lactones) is 2. The molecule has 0 radical (unpaired) electrons. The average molecular weight is 1900 g/mol. The molecule has 0 saturated heterocycles. The maximum Gasteiger partial charge on any atom is 0.373 e. The lowest BCUT2D eigenvalue weighted by Gasteiger charge is -2.08. The number of anilines is 2. The molecule has 0 unspecified atom stereocenters. The van der Waals surface area contributed by atoms with Crippen molar-refractivity contribution in [3.63, 3.8) is 0 Å². The van der Waals surface area contributed by atoms with Crippen LogP contribution in [0.25, 0.3) is 10.9 Å². The van der Waals surface area contributed by atoms with Crippen molar-refractivity contribution < 1.29 is 183 Å². The van der Waals surface area contributed by atoms with E-state index in [-0.39, 0.29) is 107 Å². The number of ether oxygens (including phenoxy) is 1. The standard InChI is InChI=1S/C8H8N2O.C8H5NO2.C8H12O.C7H10N2O2.2C7H5NO3.C7H4O4.C7H10O.C6H9NO.2C6H8O.9CO2.CH3OP/c1-5-7-3-11-4-8(7)10-6(2)9-5;10-6-9-8(11)7-4-2-1-3-5-7;1-3-7-5-9-6-8(7)4-2;1-2-6-3-11-4-7(6)9-8-5-10;2*9-6-1-4-2-11-3-5(4)7(10)8-6;8-6-1-4-2-10-3-5(4)7(9)11-6;1-3-7-5-8-4-6(7)2;1-2-5-3-8-4-6(5)7;2*1-2-6-3-4-7-5-6;9*2-1-3;1-3-2/h3-4H,1-2H3;1-5H;5-6H,3-4H2,1-2H3;3-5,9H,2H2,1H3,(H,8,10);2*2-3H,1H2,(H,8,9,10);2-3H,1H2;4-5H,3H2,1-2H3;3-4H,2,7H2,1H3;2*3-5H,2H2,1H3;;;;;;;;;;1H3. The van der Waals surface area contributed by atoms with E-state index in [2.05, 4.69) is 82.7 Å². The molecule has 0 fully saturated rings. The van der Waals surface area contributed by atoms with Crippen molar-refractivity contribution in [3.8, 4) is 0 Å². The second kappa shape index (κ2) is 86.2. The lowest BCUT2D eigenvalue weighted by atomic mass is 10.1. The Kier molecular flexibility index (Phi) is 81.2. The van der Waals surface area contributed by atoms with Gasteiger partial charge in [-0.1, -0.05) is 66.7 Å². The van der Waals surface area contributed by atoms with E-state index in [0.29, 0.717) is 45.4 Å². The Morgan fingerprint density at radius 2 is 0.807 bits per heavy atom. The molecule has 135 heavy (non-hydrogen) atoms. The first-order chi connectivity index (χ1) is 64.9. The van der Waals surface area contributed by atoms with Crippen LogP contribution in [0.15, 0.2) is 217 Å². The van der Waals surface area contributed by atoms with Gasteiger partial charge in [-0.05, 0) is 123 Å². The predicted molar refractivity (Wildman–Crippen MR) is 441 cm³/mol. The number of benzene rings is 1. The number of nitrogens with zero attached hydrogens (tertiary/aromatic N) is 3. The van der Waals surface area contributed by atoms with Crippen LogP contribution in [0.1, 0.15) is 163 Å². The molecule has 14 heterocycles. The summed E-state index contributed by atoms with van der Waals surface area (Å²) in [6.07, 6.45) is 43.9. The number of rotatable bonds is 11. The lowest BCUT2D eigenvalue weighted by molar-refractivity contribution is -0.193. The highest BCUT2D eigenvalue weighted by atomic mass is 31.1. The molecule has 0 atom stereocenters. The van der Waals surface area contributed by atoms with Gasteiger partial charge in [0.05, 0.1) is 134 Å². The van der Waals surface area contributed by atoms with Gasteiger partial charge in [-0.15, -0.1) is 4.99 Å². The second-order valence-corrected chi connectivity index (χ2v) is 23.5. The number of fused-ring (bicyclic) bond motifs is 4. The van der Waals surface area contributed by atoms with E-state index >= 15 is 0 Å². The Bertz CT molecular complexity index is 5290. The molecule has 3 aliphatic rings. The molecule has 12 aromatic rings. The summed E-state index contributed by atoms with van der Waals surface area (Å²) in [4.78, 5) is 253. The van der Waals surface area contributed by atoms with Crippen LogP contribution in [-0.2, 0) is 184 Å². The predicted octanol–water partition coefficient (Wildman–Crippen LogP) is 9.94. The molecule has 47 nitrogen and oxygen atoms in total. The molecule has 0 bridgehead atoms. The summed E-state index contributed by atoms with van der Waals surface area (Å²) in [5.74, 6) is -2.20. The normalized spacial score (nSPS) is 9.68. The highest BCUT2D eigenvalue weighted by molar-refractivity contribution is 7.22. The van der Waals surface area contributed by atoms with Gasteiger partial charge in [0, 0.05) is 40.0 Å². The van der Waals surface area contributed by atoms with Gasteiger partial charge in [0.1, 0.15) is 60.7 Å². The minimum Gasteiger partial charge on any atom is -0.472 e. The number of hydrogen-bond donors (Lipinski definition) is 5. The summed E-state index contributed by atoms with van der Waals surface area (Å²) in [6.45, 7) is 22.1. The topological polar surface area (TPSA) is 731 Å². The third kappa shape index (κ3) is 60.7. The van der Waals surface area contributed by atoms with Crippen LogP contribution in [0.3, 0.4) is 0 Å². The zero-order valence-electron chi connectivity index (χ0n) is 73.5. The first-order valence-corrected chi connectivity index (χ1v) is 38.6. The molecule has 11 aromatic heterocycles. The number of aryl methyl sites for hydroxylation is 10. The van der Waals surface area contributed by atoms with Gasteiger partial charge >= 0.3 is 67.3 Å². The summed E-state index contributed by atoms with van der Waals surface area (Å²) in [7, 11) is 0.167. The van der Waals surface area contributed by atoms with Crippen molar-refractivity contribution in [1.82, 2.24) is 26.0 Å². The maximum absolute atomic E-state index is 11.0. The summed E-state index contributed by atoms with van der Waals surface area (Å²) in [5.41, 5.74) is 27.4. The van der Waals surface area contributed by atoms with Gasteiger partial charge < -0.3 is 54.6 Å². The number of aliphatic imine (C=N–C) groups is 1. The van der Waals surface area contributed by atoms with Gasteiger partial charge in [0.25, 0.3) is 17.7 Å². The molecule has 714 valence electrons. The minimum atomic E-state index is -0.620. The van der Waals surface area contributed by atoms with E-state index in [0.717, 1.165) is 89.9 Å². The number of imide groups is 2. The SMILES string of the molecule is CCc1ccoc1.CCc1ccoc1.CCc1cocc1C.CCc1cocc1CC.CCc1cocc1N.CCc1cocc1NNC=O.CP=O.Cc1nc(C)c2cocc2n1.O=C1Cc2cocc2C(=O)N1.O=C1Cc2cocc2C(=O)N1.O=C1Cc2cocc2C(=O)O1.O=C=NC(=O)c1ccccc1.O=C=O.O=C=O.O=C=O.O=C=O.O=C=O.O=C=O.O=C=O.O=C=O.O=C=O. The average Bonchev–Trinajstić information content (AvgIpc) is 1.72. The second-order valence-electron chi connectivity index (χ2n) is 23.1. The van der Waals surface area contributed by atoms with Crippen molar-refractivity contribution in [3.05, 3.63) is 263 Å². The highest BCUT2D eigenvalue weighted by Crippen LogP contribution is 2.21. The molecular weight excluding hydrogens is 1810 g/mol. The van der Waals surface area contributed by atoms with Gasteiger partial charge in [-0.2, -0.15) is 86.3 Å². The van der Waals surface area contributed by atoms with Crippen LogP contribution in [0.4, 0.5) is 11.4 Å². The van der Waals surface area contributed by atoms with Crippen molar-refractivity contribution in [1.29, 1.82) is 0 Å². The number of amides is 6. The first-order valence-electron chi connectivity index (χ1n) is 37.4. The fraction of sp³-hybridized carbons (Fsp3) is 0.241. The third-order valence-corrected chi connectivity index (χ3v) is 15.0. The fourth-order valence-corrected chi connectivity index (χ4v) is 9.11. The van der Waals surface area contributed by atoms with Crippen LogP contribution >= 0.6 is 8.46 Å². The zero-order chi connectivity index (χ0) is 104. The smallest absolute Gasteiger partial charge is 0.373 e. The van der Waals surface area contributed by atoms with Crippen LogP contribution in [0.5, 0.6) is 0 Å². The molecule has 0 spiro atoms. The maximum atomic E-state index is 11.0. The van der Waals surface area contributed by atoms with Crippen molar-refractivity contribution in [2.75, 3.05) is 17.8 Å². The zero-order valence-corrected chi connectivity index (χ0v) is 74.4. The molecule has 3 aliphatic heterocycles. The van der Waals surface area contributed by atoms with E-state index in [4.69, 9.17) is 141 Å². The van der Waals surface area contributed by atoms with Crippen molar-refractivity contribution >= 4 is 140 Å². The lowest BCUT2D eigenvalue weighted by Crippen LogP contribution is -2.36. The van der Waals surface area contributed by atoms with Gasteiger partial charge in [-0.3, -0.25) is 59.6 Å². The van der Waals surface area contributed by atoms with Crippen LogP contribution in [0.2, 0.25) is 0 Å². The van der Waals surface area contributed by atoms with E-state index in [1.165, 1.54) is 77.0 Å². The number of esters is 2. The number of nitrogen functional groups attached to an aromatic ring is 1. The Labute approximate surface area is 764 Å². The van der Waals surface area contributed by atoms with Crippen LogP contribution in [0, 0.1) is 20.8 Å². The summed E-state index contributed by atoms with van der Waals surface area (Å²) in [6, 6.07) is 12.3. The first kappa shape index (κ1) is 127. The fourth-order valence-electron chi connectivity index (χ4n) is 9.11. The Balaban J connectivity index is -0.000000330. The number of hydrogen-bond acceptors (Lipinski definition) is 43. The van der Waals surface area contributed by atoms with Crippen LogP contribution in [-0.4, -0.2) is 126 Å². The van der Waals surface area contributed by atoms with E-state index < -0.39 is 17.8 Å². The number of nitrogens with one attached hydrogen (secondary N) is 4. The number of carbonyl (C=O) groups excluding carboxylic acids is 27. The molecule has 1 aromatic carbocycles. The summed E-state index contributed by atoms with van der Waals surface area (Å²) >= 11 is 0. The molecule has 0 saturated carbocycles. The van der Waals surface area contributed by atoms with E-state index in [1.54, 1.807) is 112 Å². The highest BCUT2D eigenvalue weighted by Gasteiger charge is 2.27. The number of aromatic nitrogens is 2. The van der Waals surface area contributed by atoms with Gasteiger partial charge in [0.15, 0.2) is 8.46 Å². The molecular formula is C87H87N8O39P. The van der Waals surface area contributed by atoms with E-state index in [9.17, 15) is 43.2 Å². The van der Waals surface area contributed by atoms with Crippen molar-refractivity contribution in [2.45, 2.75) is 133 Å². The Hall–Kier alpha value is -18.6. The number of isocyanates is 1. The van der Waals surface area contributed by atoms with Gasteiger partial charge in [-0.25, -0.2) is 19.6 Å². The van der Waals surface area contributed by atoms with Crippen molar-refractivity contribution in [2.24, 2.45) is 4.99 Å². The molecule has 0 aliphatic carbocycles. The molecule has 6 amide bonds. The number of carbonyl (C=O) groups is 8. The number of furan rings is 10. The van der Waals surface area contributed by atoms with Gasteiger partial charge in [0.2, 0.25) is 24.3 Å².